The van der Waals surface area contributed by atoms with Crippen LogP contribution in [-0.4, -0.2) is 14.6 Å². The third kappa shape index (κ3) is 1.68. The maximum Gasteiger partial charge on any atom is 0.182 e. The summed E-state index contributed by atoms with van der Waals surface area (Å²) in [6.07, 6.45) is 1.93. The van der Waals surface area contributed by atoms with E-state index in [1.165, 1.54) is 11.1 Å². The molecular weight excluding hydrogens is 222 g/mol. The second-order valence-corrected chi connectivity index (χ2v) is 4.69. The van der Waals surface area contributed by atoms with Gasteiger partial charge < -0.3 is 0 Å². The summed E-state index contributed by atoms with van der Waals surface area (Å²) in [5.41, 5.74) is 5.69. The van der Waals surface area contributed by atoms with E-state index < -0.39 is 0 Å². The Balaban J connectivity index is 2.19. The van der Waals surface area contributed by atoms with Crippen molar-refractivity contribution >= 4 is 5.65 Å². The molecule has 0 aliphatic heterocycles. The Morgan fingerprint density at radius 3 is 2.50 bits per heavy atom. The van der Waals surface area contributed by atoms with Gasteiger partial charge in [0, 0.05) is 11.8 Å². The third-order valence-corrected chi connectivity index (χ3v) is 3.32. The van der Waals surface area contributed by atoms with Crippen LogP contribution in [0.3, 0.4) is 0 Å². The topological polar surface area (TPSA) is 30.2 Å². The lowest BCUT2D eigenvalue weighted by Crippen LogP contribution is -1.88. The van der Waals surface area contributed by atoms with Crippen LogP contribution in [0.25, 0.3) is 17.0 Å². The lowest BCUT2D eigenvalue weighted by molar-refractivity contribution is 0.960. The Morgan fingerprint density at radius 2 is 1.78 bits per heavy atom. The van der Waals surface area contributed by atoms with E-state index in [0.717, 1.165) is 22.6 Å². The molecule has 0 spiro atoms. The summed E-state index contributed by atoms with van der Waals surface area (Å²) in [5.74, 6) is 0.785. The number of hydrogen-bond donors (Lipinski definition) is 0. The molecule has 0 bridgehead atoms. The molecule has 90 valence electrons. The van der Waals surface area contributed by atoms with E-state index >= 15 is 0 Å². The van der Waals surface area contributed by atoms with Crippen LogP contribution < -0.4 is 0 Å². The molecule has 0 saturated heterocycles. The molecule has 0 atom stereocenters. The van der Waals surface area contributed by atoms with Gasteiger partial charge in [-0.2, -0.15) is 0 Å². The molecule has 0 N–H and O–H groups in total. The second kappa shape index (κ2) is 3.95. The van der Waals surface area contributed by atoms with Crippen LogP contribution in [0.5, 0.6) is 0 Å². The second-order valence-electron chi connectivity index (χ2n) is 4.69. The first-order valence-corrected chi connectivity index (χ1v) is 6.05. The van der Waals surface area contributed by atoms with Crippen molar-refractivity contribution in [2.75, 3.05) is 0 Å². The summed E-state index contributed by atoms with van der Waals surface area (Å²) >= 11 is 0. The predicted molar refractivity (Wildman–Crippen MR) is 72.6 cm³/mol. The molecule has 0 saturated carbocycles. The third-order valence-electron chi connectivity index (χ3n) is 3.32. The fourth-order valence-electron chi connectivity index (χ4n) is 2.04. The highest BCUT2D eigenvalue weighted by atomic mass is 15.3. The lowest BCUT2D eigenvalue weighted by atomic mass is 10.1. The van der Waals surface area contributed by atoms with Gasteiger partial charge in [-0.05, 0) is 49.6 Å². The fourth-order valence-corrected chi connectivity index (χ4v) is 2.04. The molecule has 1 aromatic carbocycles. The standard InChI is InChI=1S/C15H15N3/c1-10-6-7-13(9-12(10)3)14-16-15-11(2)5-4-8-18(15)17-14/h4-9H,1-3H3. The van der Waals surface area contributed by atoms with E-state index in [1.807, 2.05) is 29.8 Å². The number of aromatic nitrogens is 3. The zero-order valence-electron chi connectivity index (χ0n) is 10.8. The van der Waals surface area contributed by atoms with Gasteiger partial charge in [0.2, 0.25) is 0 Å². The van der Waals surface area contributed by atoms with Crippen LogP contribution in [0, 0.1) is 20.8 Å². The van der Waals surface area contributed by atoms with E-state index in [0.29, 0.717) is 0 Å². The van der Waals surface area contributed by atoms with Crippen molar-refractivity contribution in [2.24, 2.45) is 0 Å². The first-order chi connectivity index (χ1) is 8.65. The molecule has 0 aliphatic carbocycles. The molecule has 3 heteroatoms. The van der Waals surface area contributed by atoms with E-state index in [4.69, 9.17) is 0 Å². The van der Waals surface area contributed by atoms with Crippen molar-refractivity contribution in [3.63, 3.8) is 0 Å². The maximum atomic E-state index is 4.61. The summed E-state index contributed by atoms with van der Waals surface area (Å²) in [7, 11) is 0. The maximum absolute atomic E-state index is 4.61. The minimum absolute atomic E-state index is 0.785. The van der Waals surface area contributed by atoms with Crippen LogP contribution in [0.1, 0.15) is 16.7 Å². The van der Waals surface area contributed by atoms with Gasteiger partial charge in [0.05, 0.1) is 0 Å². The van der Waals surface area contributed by atoms with E-state index in [1.54, 1.807) is 0 Å². The largest absolute Gasteiger partial charge is 0.220 e. The monoisotopic (exact) mass is 237 g/mol. The summed E-state index contributed by atoms with van der Waals surface area (Å²) in [4.78, 5) is 4.61. The highest BCUT2D eigenvalue weighted by molar-refractivity contribution is 5.61. The highest BCUT2D eigenvalue weighted by Gasteiger charge is 2.08. The number of aryl methyl sites for hydroxylation is 3. The van der Waals surface area contributed by atoms with Gasteiger partial charge >= 0.3 is 0 Å². The first-order valence-electron chi connectivity index (χ1n) is 6.05. The van der Waals surface area contributed by atoms with Gasteiger partial charge in [0.25, 0.3) is 0 Å². The van der Waals surface area contributed by atoms with E-state index in [-0.39, 0.29) is 0 Å². The lowest BCUT2D eigenvalue weighted by Gasteiger charge is -2.00. The Labute approximate surface area is 106 Å². The fraction of sp³-hybridized carbons (Fsp3) is 0.200. The van der Waals surface area contributed by atoms with Crippen LogP contribution in [0.2, 0.25) is 0 Å². The van der Waals surface area contributed by atoms with E-state index in [2.05, 4.69) is 42.1 Å². The Kier molecular flexibility index (Phi) is 2.40. The number of pyridine rings is 1. The summed E-state index contributed by atoms with van der Waals surface area (Å²) in [5, 5.41) is 4.52. The number of benzene rings is 1. The van der Waals surface area contributed by atoms with Crippen molar-refractivity contribution in [2.45, 2.75) is 20.8 Å². The van der Waals surface area contributed by atoms with Crippen LogP contribution >= 0.6 is 0 Å². The molecule has 3 rings (SSSR count). The molecule has 3 aromatic rings. The quantitative estimate of drug-likeness (QED) is 0.650. The van der Waals surface area contributed by atoms with Crippen molar-refractivity contribution in [3.05, 3.63) is 53.2 Å². The van der Waals surface area contributed by atoms with Gasteiger partial charge in [-0.25, -0.2) is 9.50 Å². The number of hydrogen-bond acceptors (Lipinski definition) is 2. The van der Waals surface area contributed by atoms with Crippen molar-refractivity contribution < 1.29 is 0 Å². The minimum atomic E-state index is 0.785. The molecule has 2 heterocycles. The van der Waals surface area contributed by atoms with Crippen molar-refractivity contribution in [3.8, 4) is 11.4 Å². The average Bonchev–Trinajstić information content (AvgIpc) is 2.78. The van der Waals surface area contributed by atoms with Gasteiger partial charge in [0.1, 0.15) is 0 Å². The normalized spacial score (nSPS) is 11.1. The summed E-state index contributed by atoms with van der Waals surface area (Å²) in [6, 6.07) is 10.4. The first kappa shape index (κ1) is 11.0. The minimum Gasteiger partial charge on any atom is -0.220 e. The van der Waals surface area contributed by atoms with E-state index in [9.17, 15) is 0 Å². The van der Waals surface area contributed by atoms with Crippen molar-refractivity contribution in [1.29, 1.82) is 0 Å². The molecule has 3 nitrogen and oxygen atoms in total. The molecule has 0 aliphatic rings. The number of rotatable bonds is 1. The molecule has 0 amide bonds. The van der Waals surface area contributed by atoms with Gasteiger partial charge in [-0.15, -0.1) is 5.10 Å². The zero-order valence-corrected chi connectivity index (χ0v) is 10.8. The molecular formula is C15H15N3. The molecule has 0 unspecified atom stereocenters. The number of nitrogens with zero attached hydrogens (tertiary/aromatic N) is 3. The summed E-state index contributed by atoms with van der Waals surface area (Å²) < 4.78 is 1.83. The molecule has 18 heavy (non-hydrogen) atoms. The van der Waals surface area contributed by atoms with Crippen LogP contribution in [0.15, 0.2) is 36.5 Å². The average molecular weight is 237 g/mol. The highest BCUT2D eigenvalue weighted by Crippen LogP contribution is 2.20. The zero-order chi connectivity index (χ0) is 12.7. The Hall–Kier alpha value is -2.16. The molecule has 2 aromatic heterocycles. The molecule has 0 radical (unpaired) electrons. The van der Waals surface area contributed by atoms with Gasteiger partial charge in [-0.3, -0.25) is 0 Å². The number of fused-ring (bicyclic) bond motifs is 1. The SMILES string of the molecule is Cc1ccc(-c2nc3c(C)cccn3n2)cc1C. The Morgan fingerprint density at radius 1 is 0.944 bits per heavy atom. The summed E-state index contributed by atoms with van der Waals surface area (Å²) in [6.45, 7) is 6.27. The Bertz CT molecular complexity index is 726. The van der Waals surface area contributed by atoms with Gasteiger partial charge in [0.15, 0.2) is 11.5 Å². The van der Waals surface area contributed by atoms with Crippen LogP contribution in [-0.2, 0) is 0 Å². The van der Waals surface area contributed by atoms with Crippen molar-refractivity contribution in [1.82, 2.24) is 14.6 Å². The predicted octanol–water partition coefficient (Wildman–Crippen LogP) is 3.32. The van der Waals surface area contributed by atoms with Crippen LogP contribution in [0.4, 0.5) is 0 Å². The molecule has 0 fully saturated rings. The smallest absolute Gasteiger partial charge is 0.182 e. The van der Waals surface area contributed by atoms with Gasteiger partial charge in [-0.1, -0.05) is 18.2 Å².